The number of hydrogen-bond donors (Lipinski definition) is 2. The lowest BCUT2D eigenvalue weighted by Gasteiger charge is -2.10. The van der Waals surface area contributed by atoms with Gasteiger partial charge in [-0.05, 0) is 44.5 Å². The minimum Gasteiger partial charge on any atom is -0.478 e. The molecule has 2 rings (SSSR count). The third kappa shape index (κ3) is 2.67. The number of nitrogens with zero attached hydrogens (tertiary/aromatic N) is 1. The molecule has 1 aromatic carbocycles. The number of nitrogens with one attached hydrogen (secondary N) is 1. The molecule has 0 aliphatic rings. The van der Waals surface area contributed by atoms with Gasteiger partial charge in [0.15, 0.2) is 0 Å². The van der Waals surface area contributed by atoms with E-state index in [9.17, 15) is 9.59 Å². The molecule has 2 N–H and O–H groups in total. The Balaban J connectivity index is 2.34. The standard InChI is InChI=1S/C16H18N2O3/c1-9-8-13(11(3)18(9)4)15(19)17-14-7-5-6-12(10(14)2)16(20)21/h5-8H,1-4H3,(H,17,19)(H,20,21). The highest BCUT2D eigenvalue weighted by molar-refractivity contribution is 6.06. The number of carbonyl (C=O) groups is 2. The van der Waals surface area contributed by atoms with Gasteiger partial charge in [-0.3, -0.25) is 4.79 Å². The fourth-order valence-corrected chi connectivity index (χ4v) is 2.28. The molecule has 0 aliphatic heterocycles. The van der Waals surface area contributed by atoms with Crippen LogP contribution in [-0.4, -0.2) is 21.6 Å². The molecule has 2 aromatic rings. The van der Waals surface area contributed by atoms with E-state index >= 15 is 0 Å². The molecule has 0 saturated heterocycles. The van der Waals surface area contributed by atoms with Gasteiger partial charge < -0.3 is 15.0 Å². The Morgan fingerprint density at radius 1 is 1.14 bits per heavy atom. The fourth-order valence-electron chi connectivity index (χ4n) is 2.28. The van der Waals surface area contributed by atoms with Gasteiger partial charge in [-0.1, -0.05) is 6.07 Å². The molecule has 0 radical (unpaired) electrons. The lowest BCUT2D eigenvalue weighted by atomic mass is 10.1. The van der Waals surface area contributed by atoms with Crippen molar-refractivity contribution in [3.63, 3.8) is 0 Å². The molecule has 0 atom stereocenters. The van der Waals surface area contributed by atoms with Crippen LogP contribution in [0.5, 0.6) is 0 Å². The van der Waals surface area contributed by atoms with Crippen LogP contribution in [0.1, 0.15) is 37.7 Å². The zero-order valence-corrected chi connectivity index (χ0v) is 12.5. The molecular formula is C16H18N2O3. The van der Waals surface area contributed by atoms with Crippen LogP contribution in [-0.2, 0) is 7.05 Å². The fraction of sp³-hybridized carbons (Fsp3) is 0.250. The molecule has 1 heterocycles. The van der Waals surface area contributed by atoms with Crippen molar-refractivity contribution in [2.24, 2.45) is 7.05 Å². The topological polar surface area (TPSA) is 71.3 Å². The number of benzene rings is 1. The maximum absolute atomic E-state index is 12.4. The van der Waals surface area contributed by atoms with Gasteiger partial charge in [-0.2, -0.15) is 0 Å². The van der Waals surface area contributed by atoms with Gasteiger partial charge in [0.25, 0.3) is 5.91 Å². The Kier molecular flexibility index (Phi) is 3.84. The van der Waals surface area contributed by atoms with E-state index in [1.54, 1.807) is 19.1 Å². The number of aryl methyl sites for hydroxylation is 1. The molecule has 0 fully saturated rings. The van der Waals surface area contributed by atoms with Crippen LogP contribution in [0, 0.1) is 20.8 Å². The number of hydrogen-bond acceptors (Lipinski definition) is 2. The van der Waals surface area contributed by atoms with Crippen LogP contribution >= 0.6 is 0 Å². The summed E-state index contributed by atoms with van der Waals surface area (Å²) in [5.41, 5.74) is 3.71. The number of aromatic carboxylic acids is 1. The van der Waals surface area contributed by atoms with Gasteiger partial charge in [0.2, 0.25) is 0 Å². The van der Waals surface area contributed by atoms with Crippen molar-refractivity contribution < 1.29 is 14.7 Å². The molecule has 0 spiro atoms. The predicted octanol–water partition coefficient (Wildman–Crippen LogP) is 2.90. The maximum atomic E-state index is 12.4. The Hall–Kier alpha value is -2.56. The van der Waals surface area contributed by atoms with Gasteiger partial charge in [-0.15, -0.1) is 0 Å². The van der Waals surface area contributed by atoms with Crippen LogP contribution in [0.4, 0.5) is 5.69 Å². The van der Waals surface area contributed by atoms with Gasteiger partial charge in [0.1, 0.15) is 0 Å². The van der Waals surface area contributed by atoms with Crippen molar-refractivity contribution in [2.45, 2.75) is 20.8 Å². The summed E-state index contributed by atoms with van der Waals surface area (Å²) < 4.78 is 1.94. The average Bonchev–Trinajstić information content (AvgIpc) is 2.68. The molecule has 5 heteroatoms. The molecule has 0 bridgehead atoms. The van der Waals surface area contributed by atoms with E-state index in [4.69, 9.17) is 5.11 Å². The van der Waals surface area contributed by atoms with Crippen LogP contribution in [0.2, 0.25) is 0 Å². The lowest BCUT2D eigenvalue weighted by Crippen LogP contribution is -2.15. The molecule has 0 aliphatic carbocycles. The van der Waals surface area contributed by atoms with Crippen molar-refractivity contribution in [1.82, 2.24) is 4.57 Å². The Labute approximate surface area is 123 Å². The molecule has 1 amide bonds. The second-order valence-electron chi connectivity index (χ2n) is 5.08. The second-order valence-corrected chi connectivity index (χ2v) is 5.08. The van der Waals surface area contributed by atoms with Crippen molar-refractivity contribution in [2.75, 3.05) is 5.32 Å². The molecule has 21 heavy (non-hydrogen) atoms. The van der Waals surface area contributed by atoms with Gasteiger partial charge >= 0.3 is 5.97 Å². The van der Waals surface area contributed by atoms with E-state index < -0.39 is 5.97 Å². The first kappa shape index (κ1) is 14.8. The Bertz CT molecular complexity index is 729. The number of anilines is 1. The summed E-state index contributed by atoms with van der Waals surface area (Å²) >= 11 is 0. The predicted molar refractivity (Wildman–Crippen MR) is 81.0 cm³/mol. The summed E-state index contributed by atoms with van der Waals surface area (Å²) in [5, 5.41) is 11.9. The quantitative estimate of drug-likeness (QED) is 0.911. The summed E-state index contributed by atoms with van der Waals surface area (Å²) in [6.45, 7) is 5.49. The van der Waals surface area contributed by atoms with E-state index in [2.05, 4.69) is 5.32 Å². The molecular weight excluding hydrogens is 268 g/mol. The van der Waals surface area contributed by atoms with Crippen LogP contribution in [0.3, 0.4) is 0 Å². The zero-order chi connectivity index (χ0) is 15.7. The van der Waals surface area contributed by atoms with Crippen LogP contribution in [0.25, 0.3) is 0 Å². The number of amides is 1. The lowest BCUT2D eigenvalue weighted by molar-refractivity contribution is 0.0695. The maximum Gasteiger partial charge on any atom is 0.336 e. The van der Waals surface area contributed by atoms with Gasteiger partial charge in [0, 0.05) is 24.1 Å². The number of rotatable bonds is 3. The molecule has 0 unspecified atom stereocenters. The van der Waals surface area contributed by atoms with E-state index in [0.717, 1.165) is 11.4 Å². The third-order valence-corrected chi connectivity index (χ3v) is 3.83. The Morgan fingerprint density at radius 3 is 2.33 bits per heavy atom. The number of carboxylic acids is 1. The minimum absolute atomic E-state index is 0.189. The number of carboxylic acid groups (broad SMARTS) is 1. The molecule has 0 saturated carbocycles. The third-order valence-electron chi connectivity index (χ3n) is 3.83. The SMILES string of the molecule is Cc1c(NC(=O)c2cc(C)n(C)c2C)cccc1C(=O)O. The molecule has 1 aromatic heterocycles. The van der Waals surface area contributed by atoms with Gasteiger partial charge in [-0.25, -0.2) is 4.79 Å². The van der Waals surface area contributed by atoms with E-state index in [1.165, 1.54) is 6.07 Å². The average molecular weight is 286 g/mol. The van der Waals surface area contributed by atoms with Crippen molar-refractivity contribution in [3.8, 4) is 0 Å². The second kappa shape index (κ2) is 5.44. The smallest absolute Gasteiger partial charge is 0.336 e. The first-order valence-corrected chi connectivity index (χ1v) is 6.60. The van der Waals surface area contributed by atoms with Crippen molar-refractivity contribution in [1.29, 1.82) is 0 Å². The first-order chi connectivity index (χ1) is 9.82. The monoisotopic (exact) mass is 286 g/mol. The summed E-state index contributed by atoms with van der Waals surface area (Å²) in [6, 6.07) is 6.66. The van der Waals surface area contributed by atoms with E-state index in [1.807, 2.05) is 31.5 Å². The largest absolute Gasteiger partial charge is 0.478 e. The number of carbonyl (C=O) groups excluding carboxylic acids is 1. The summed E-state index contributed by atoms with van der Waals surface area (Å²) in [5.74, 6) is -1.24. The summed E-state index contributed by atoms with van der Waals surface area (Å²) in [6.07, 6.45) is 0. The highest BCUT2D eigenvalue weighted by atomic mass is 16.4. The Morgan fingerprint density at radius 2 is 1.81 bits per heavy atom. The molecule has 110 valence electrons. The minimum atomic E-state index is -1.00. The van der Waals surface area contributed by atoms with E-state index in [-0.39, 0.29) is 11.5 Å². The van der Waals surface area contributed by atoms with Crippen molar-refractivity contribution >= 4 is 17.6 Å². The normalized spacial score (nSPS) is 10.5. The van der Waals surface area contributed by atoms with Crippen molar-refractivity contribution in [3.05, 3.63) is 52.3 Å². The van der Waals surface area contributed by atoms with E-state index in [0.29, 0.717) is 16.8 Å². The first-order valence-electron chi connectivity index (χ1n) is 6.60. The zero-order valence-electron chi connectivity index (χ0n) is 12.5. The summed E-state index contributed by atoms with van der Waals surface area (Å²) in [7, 11) is 1.90. The van der Waals surface area contributed by atoms with Crippen LogP contribution in [0.15, 0.2) is 24.3 Å². The summed E-state index contributed by atoms with van der Waals surface area (Å²) in [4.78, 5) is 23.5. The highest BCUT2D eigenvalue weighted by Gasteiger charge is 2.16. The molecule has 5 nitrogen and oxygen atoms in total. The highest BCUT2D eigenvalue weighted by Crippen LogP contribution is 2.21. The van der Waals surface area contributed by atoms with Gasteiger partial charge in [0.05, 0.1) is 11.1 Å². The number of aromatic nitrogens is 1. The van der Waals surface area contributed by atoms with Crippen LogP contribution < -0.4 is 5.32 Å².